The van der Waals surface area contributed by atoms with Gasteiger partial charge in [0.1, 0.15) is 5.75 Å². The molecule has 1 N–H and O–H groups in total. The summed E-state index contributed by atoms with van der Waals surface area (Å²) >= 11 is 6.36. The number of rotatable bonds is 2. The van der Waals surface area contributed by atoms with Crippen LogP contribution < -0.4 is 15.0 Å². The van der Waals surface area contributed by atoms with E-state index >= 15 is 0 Å². The van der Waals surface area contributed by atoms with Crippen LogP contribution in [0, 0.1) is 0 Å². The molecule has 3 nitrogen and oxygen atoms in total. The van der Waals surface area contributed by atoms with Crippen LogP contribution in [-0.4, -0.2) is 32.3 Å². The summed E-state index contributed by atoms with van der Waals surface area (Å²) in [6, 6.07) is 5.90. The van der Waals surface area contributed by atoms with Crippen molar-refractivity contribution in [1.82, 2.24) is 5.32 Å². The largest absolute Gasteiger partial charge is 0.497 e. The Kier molecular flexibility index (Phi) is 3.59. The zero-order chi connectivity index (χ0) is 13.3. The van der Waals surface area contributed by atoms with E-state index in [9.17, 15) is 0 Å². The molecule has 1 aromatic carbocycles. The second-order valence-corrected chi connectivity index (χ2v) is 6.06. The summed E-state index contributed by atoms with van der Waals surface area (Å²) < 4.78 is 5.32. The van der Waals surface area contributed by atoms with Gasteiger partial charge >= 0.3 is 0 Å². The normalized spacial score (nSPS) is 21.9. The van der Waals surface area contributed by atoms with Gasteiger partial charge in [-0.05, 0) is 25.0 Å². The van der Waals surface area contributed by atoms with Crippen molar-refractivity contribution >= 4 is 17.3 Å². The van der Waals surface area contributed by atoms with E-state index in [2.05, 4.69) is 16.3 Å². The molecule has 2 aliphatic rings. The quantitative estimate of drug-likeness (QED) is 0.901. The van der Waals surface area contributed by atoms with Gasteiger partial charge in [-0.25, -0.2) is 0 Å². The van der Waals surface area contributed by atoms with Crippen LogP contribution >= 0.6 is 11.6 Å². The fraction of sp³-hybridized carbons (Fsp3) is 0.600. The van der Waals surface area contributed by atoms with Gasteiger partial charge in [0.25, 0.3) is 0 Å². The number of hydrogen-bond donors (Lipinski definition) is 1. The first-order valence-electron chi connectivity index (χ1n) is 7.06. The highest BCUT2D eigenvalue weighted by molar-refractivity contribution is 6.33. The number of anilines is 1. The van der Waals surface area contributed by atoms with Gasteiger partial charge in [0.15, 0.2) is 0 Å². The van der Waals surface area contributed by atoms with Crippen LogP contribution in [0.5, 0.6) is 5.75 Å². The number of hydrogen-bond acceptors (Lipinski definition) is 3. The molecule has 0 atom stereocenters. The van der Waals surface area contributed by atoms with Crippen molar-refractivity contribution < 1.29 is 4.74 Å². The highest BCUT2D eigenvalue weighted by atomic mass is 35.5. The van der Waals surface area contributed by atoms with Crippen molar-refractivity contribution in [1.29, 1.82) is 0 Å². The molecule has 0 unspecified atom stereocenters. The maximum Gasteiger partial charge on any atom is 0.121 e. The van der Waals surface area contributed by atoms with Gasteiger partial charge in [0.2, 0.25) is 0 Å². The lowest BCUT2D eigenvalue weighted by Crippen LogP contribution is -2.59. The van der Waals surface area contributed by atoms with Crippen molar-refractivity contribution in [2.75, 3.05) is 31.6 Å². The fourth-order valence-corrected chi connectivity index (χ4v) is 3.65. The van der Waals surface area contributed by atoms with Gasteiger partial charge in [0, 0.05) is 31.2 Å². The van der Waals surface area contributed by atoms with Gasteiger partial charge in [0.05, 0.1) is 17.8 Å². The van der Waals surface area contributed by atoms with Crippen LogP contribution in [0.2, 0.25) is 5.02 Å². The third-order valence-electron chi connectivity index (χ3n) is 4.43. The van der Waals surface area contributed by atoms with Crippen LogP contribution in [0.15, 0.2) is 18.2 Å². The molecular formula is C15H21ClN2O. The number of benzene rings is 1. The smallest absolute Gasteiger partial charge is 0.121 e. The maximum atomic E-state index is 6.36. The first kappa shape index (κ1) is 13.1. The molecule has 1 aromatic rings. The van der Waals surface area contributed by atoms with E-state index in [4.69, 9.17) is 16.3 Å². The Labute approximate surface area is 119 Å². The molecule has 19 heavy (non-hydrogen) atoms. The topological polar surface area (TPSA) is 24.5 Å². The van der Waals surface area contributed by atoms with E-state index in [-0.39, 0.29) is 0 Å². The fourth-order valence-electron chi connectivity index (χ4n) is 3.41. The third kappa shape index (κ3) is 2.54. The summed E-state index contributed by atoms with van der Waals surface area (Å²) in [5, 5.41) is 4.54. The maximum absolute atomic E-state index is 6.36. The minimum atomic E-state index is 0.310. The molecule has 3 rings (SSSR count). The zero-order valence-corrected chi connectivity index (χ0v) is 12.2. The summed E-state index contributed by atoms with van der Waals surface area (Å²) in [6.45, 7) is 3.10. The van der Waals surface area contributed by atoms with E-state index < -0.39 is 0 Å². The van der Waals surface area contributed by atoms with Gasteiger partial charge in [-0.3, -0.25) is 0 Å². The third-order valence-corrected chi connectivity index (χ3v) is 4.75. The van der Waals surface area contributed by atoms with E-state index in [1.165, 1.54) is 25.7 Å². The van der Waals surface area contributed by atoms with E-state index in [1.807, 2.05) is 12.1 Å². The van der Waals surface area contributed by atoms with Crippen LogP contribution in [0.1, 0.15) is 25.7 Å². The average Bonchev–Trinajstić information content (AvgIpc) is 2.87. The molecule has 1 saturated carbocycles. The van der Waals surface area contributed by atoms with Crippen LogP contribution in [0.25, 0.3) is 0 Å². The minimum Gasteiger partial charge on any atom is -0.497 e. The molecule has 1 aliphatic heterocycles. The Balaban J connectivity index is 1.85. The van der Waals surface area contributed by atoms with Crippen LogP contribution in [-0.2, 0) is 0 Å². The molecule has 1 spiro atoms. The lowest BCUT2D eigenvalue weighted by molar-refractivity contribution is 0.304. The van der Waals surface area contributed by atoms with E-state index in [1.54, 1.807) is 7.11 Å². The van der Waals surface area contributed by atoms with Gasteiger partial charge in [-0.2, -0.15) is 0 Å². The highest BCUT2D eigenvalue weighted by Gasteiger charge is 2.38. The Bertz CT molecular complexity index is 457. The number of ether oxygens (including phenoxy) is 1. The molecule has 0 bridgehead atoms. The number of nitrogens with zero attached hydrogens (tertiary/aromatic N) is 1. The number of piperazine rings is 1. The molecule has 104 valence electrons. The monoisotopic (exact) mass is 280 g/mol. The van der Waals surface area contributed by atoms with Gasteiger partial charge < -0.3 is 15.0 Å². The summed E-state index contributed by atoms with van der Waals surface area (Å²) in [7, 11) is 1.70. The van der Waals surface area contributed by atoms with Crippen molar-refractivity contribution in [2.24, 2.45) is 0 Å². The van der Waals surface area contributed by atoms with Crippen molar-refractivity contribution in [3.05, 3.63) is 23.2 Å². The van der Waals surface area contributed by atoms with Crippen LogP contribution in [0.3, 0.4) is 0 Å². The number of halogens is 1. The minimum absolute atomic E-state index is 0.310. The van der Waals surface area contributed by atoms with Crippen LogP contribution in [0.4, 0.5) is 5.69 Å². The SMILES string of the molecule is COc1ccc(Cl)c(N2CCNC3(CCCC3)C2)c1. The standard InChI is InChI=1S/C15H21ClN2O/c1-19-12-4-5-13(16)14(10-12)18-9-8-17-15(11-18)6-2-3-7-15/h4-5,10,17H,2-3,6-9,11H2,1H3. The summed E-state index contributed by atoms with van der Waals surface area (Å²) in [6.07, 6.45) is 5.25. The number of methoxy groups -OCH3 is 1. The Morgan fingerprint density at radius 1 is 1.32 bits per heavy atom. The predicted octanol–water partition coefficient (Wildman–Crippen LogP) is 3.07. The predicted molar refractivity (Wildman–Crippen MR) is 79.4 cm³/mol. The van der Waals surface area contributed by atoms with Crippen molar-refractivity contribution in [3.8, 4) is 5.75 Å². The molecule has 4 heteroatoms. The second kappa shape index (κ2) is 5.22. The molecule has 0 amide bonds. The molecule has 2 fully saturated rings. The Morgan fingerprint density at radius 3 is 2.84 bits per heavy atom. The Hall–Kier alpha value is -0.930. The van der Waals surface area contributed by atoms with Crippen molar-refractivity contribution in [3.63, 3.8) is 0 Å². The van der Waals surface area contributed by atoms with Gasteiger partial charge in [-0.1, -0.05) is 24.4 Å². The molecule has 1 aliphatic carbocycles. The highest BCUT2D eigenvalue weighted by Crippen LogP contribution is 2.36. The Morgan fingerprint density at radius 2 is 2.11 bits per heavy atom. The molecule has 0 radical (unpaired) electrons. The van der Waals surface area contributed by atoms with E-state index in [0.717, 1.165) is 36.1 Å². The van der Waals surface area contributed by atoms with E-state index in [0.29, 0.717) is 5.54 Å². The second-order valence-electron chi connectivity index (χ2n) is 5.65. The molecular weight excluding hydrogens is 260 g/mol. The van der Waals surface area contributed by atoms with Gasteiger partial charge in [-0.15, -0.1) is 0 Å². The summed E-state index contributed by atoms with van der Waals surface area (Å²) in [5.41, 5.74) is 1.42. The molecule has 0 aromatic heterocycles. The lowest BCUT2D eigenvalue weighted by atomic mass is 9.94. The first-order chi connectivity index (χ1) is 9.22. The molecule has 1 saturated heterocycles. The number of nitrogens with one attached hydrogen (secondary N) is 1. The van der Waals surface area contributed by atoms with Crippen molar-refractivity contribution in [2.45, 2.75) is 31.2 Å². The molecule has 1 heterocycles. The summed E-state index contributed by atoms with van der Waals surface area (Å²) in [4.78, 5) is 2.41. The lowest BCUT2D eigenvalue weighted by Gasteiger charge is -2.43. The zero-order valence-electron chi connectivity index (χ0n) is 11.4. The first-order valence-corrected chi connectivity index (χ1v) is 7.44. The summed E-state index contributed by atoms with van der Waals surface area (Å²) in [5.74, 6) is 0.874. The average molecular weight is 281 g/mol.